The minimum absolute atomic E-state index is 2.52. The lowest BCUT2D eigenvalue weighted by Crippen LogP contribution is -2.75. The van der Waals surface area contributed by atoms with Gasteiger partial charge in [-0.15, -0.1) is 0 Å². The molecule has 0 saturated heterocycles. The highest BCUT2D eigenvalue weighted by atomic mass is 35.6. The molecule has 0 saturated carbocycles. The van der Waals surface area contributed by atoms with Crippen LogP contribution in [0.25, 0.3) is 0 Å². The van der Waals surface area contributed by atoms with Crippen LogP contribution in [-0.2, 0) is 0 Å². The molecule has 0 rings (SSSR count). The Kier molecular flexibility index (Phi) is 18.2. The Bertz CT molecular complexity index is 964. The molecule has 0 unspecified atom stereocenters. The van der Waals surface area contributed by atoms with Gasteiger partial charge in [0.1, 0.15) is 0 Å². The van der Waals surface area contributed by atoms with Gasteiger partial charge in [-0.3, -0.25) is 0 Å². The SMILES string of the molecule is [CH2]C(Cl)(Cl)C(Cl)(Cl)C(Cl)(Cl)C(Cl)(Cl)C(Cl)(Cl)C(Cl)(Cl)C(Cl)(Cl)C(Cl)(Cl)C(Cl)(Cl)C(Cl)(Cl)C(Cl)(Cl)C(Cl)(Cl)C(Cl)(Cl)C(Cl)(Cl)Cl. The summed E-state index contributed by atoms with van der Waals surface area (Å²) in [6, 6.07) is 0. The van der Waals surface area contributed by atoms with E-state index in [-0.39, 0.29) is 0 Å². The zero-order chi connectivity index (χ0) is 37.0. The van der Waals surface area contributed by atoms with Crippen molar-refractivity contribution in [3.05, 3.63) is 6.92 Å². The summed E-state index contributed by atoms with van der Waals surface area (Å²) in [6.07, 6.45) is 0. The third-order valence-corrected chi connectivity index (χ3v) is 25.5. The maximum absolute atomic E-state index is 6.46. The van der Waals surface area contributed by atoms with E-state index >= 15 is 0 Å². The lowest BCUT2D eigenvalue weighted by molar-refractivity contribution is 0.405. The Balaban J connectivity index is 7.52. The van der Waals surface area contributed by atoms with E-state index < -0.39 is 60.1 Å². The molecule has 0 aliphatic rings. The summed E-state index contributed by atoms with van der Waals surface area (Å²) in [5, 5.41) is 0. The van der Waals surface area contributed by atoms with Crippen LogP contribution in [0.2, 0.25) is 0 Å². The fourth-order valence-electron chi connectivity index (χ4n) is 2.38. The molecule has 0 nitrogen and oxygen atoms in total. The number of alkyl halides is 29. The smallest absolute Gasteiger partial charge is 0.0982 e. The van der Waals surface area contributed by atoms with Crippen LogP contribution in [0.4, 0.5) is 0 Å². The molecular formula is C15H2Cl29. The first-order chi connectivity index (χ1) is 18.2. The van der Waals surface area contributed by atoms with Crippen molar-refractivity contribution in [1.82, 2.24) is 0 Å². The van der Waals surface area contributed by atoms with E-state index in [0.717, 1.165) is 0 Å². The molecule has 265 valence electrons. The average molecular weight is 1210 g/mol. The van der Waals surface area contributed by atoms with Crippen molar-refractivity contribution >= 4 is 336 Å². The molecule has 0 spiro atoms. The Morgan fingerprint density at radius 3 is 0.409 bits per heavy atom. The van der Waals surface area contributed by atoms with Crippen LogP contribution < -0.4 is 0 Å². The first-order valence-electron chi connectivity index (χ1n) is 9.08. The third-order valence-electron chi connectivity index (χ3n) is 5.15. The van der Waals surface area contributed by atoms with E-state index in [1.165, 1.54) is 0 Å². The molecule has 0 fully saturated rings. The van der Waals surface area contributed by atoms with Crippen LogP contribution in [0.1, 0.15) is 0 Å². The molecular weight excluding hydrogens is 1210 g/mol. The van der Waals surface area contributed by atoms with E-state index in [2.05, 4.69) is 6.92 Å². The lowest BCUT2D eigenvalue weighted by atomic mass is 9.97. The van der Waals surface area contributed by atoms with Crippen molar-refractivity contribution < 1.29 is 0 Å². The summed E-state index contributed by atoms with van der Waals surface area (Å²) in [6.45, 7) is 3.27. The van der Waals surface area contributed by atoms with Crippen molar-refractivity contribution in [1.29, 1.82) is 0 Å². The Morgan fingerprint density at radius 1 is 0.182 bits per heavy atom. The number of rotatable bonds is 12. The lowest BCUT2D eigenvalue weighted by Gasteiger charge is -2.58. The summed E-state index contributed by atoms with van der Waals surface area (Å²) >= 11 is 181. The van der Waals surface area contributed by atoms with E-state index in [1.807, 2.05) is 0 Å². The predicted octanol–water partition coefficient (Wildman–Crippen LogP) is 17.5. The third kappa shape index (κ3) is 7.82. The van der Waals surface area contributed by atoms with Crippen molar-refractivity contribution in [2.24, 2.45) is 0 Å². The number of halogens is 29. The van der Waals surface area contributed by atoms with E-state index in [0.29, 0.717) is 0 Å². The van der Waals surface area contributed by atoms with Crippen molar-refractivity contribution in [3.8, 4) is 0 Å². The van der Waals surface area contributed by atoms with E-state index in [1.54, 1.807) is 0 Å². The highest BCUT2D eigenvalue weighted by Gasteiger charge is 2.86. The maximum atomic E-state index is 6.46. The Morgan fingerprint density at radius 2 is 0.295 bits per heavy atom. The van der Waals surface area contributed by atoms with Gasteiger partial charge >= 0.3 is 0 Å². The van der Waals surface area contributed by atoms with Crippen LogP contribution in [0.3, 0.4) is 0 Å². The van der Waals surface area contributed by atoms with Crippen molar-refractivity contribution in [3.63, 3.8) is 0 Å². The molecule has 0 aromatic heterocycles. The number of hydrogen-bond acceptors (Lipinski definition) is 0. The molecule has 0 bridgehead atoms. The van der Waals surface area contributed by atoms with E-state index in [9.17, 15) is 0 Å². The second-order valence-electron chi connectivity index (χ2n) is 8.09. The minimum atomic E-state index is -3.49. The minimum Gasteiger partial charge on any atom is -0.0982 e. The topological polar surface area (TPSA) is 0 Å². The Labute approximate surface area is 397 Å². The van der Waals surface area contributed by atoms with Gasteiger partial charge in [0.2, 0.25) is 8.13 Å². The Hall–Kier alpha value is 8.41. The van der Waals surface area contributed by atoms with Crippen LogP contribution in [-0.4, -0.2) is 60.1 Å². The van der Waals surface area contributed by atoms with Crippen molar-refractivity contribution in [2.45, 2.75) is 60.1 Å². The van der Waals surface area contributed by atoms with Gasteiger partial charge in [-0.05, 0) is 6.92 Å². The van der Waals surface area contributed by atoms with E-state index in [4.69, 9.17) is 336 Å². The molecule has 0 N–H and O–H groups in total. The normalized spacial score (nSPS) is 17.3. The average Bonchev–Trinajstić information content (AvgIpc) is 2.75. The van der Waals surface area contributed by atoms with Gasteiger partial charge in [0, 0.05) is 0 Å². The fourth-order valence-corrected chi connectivity index (χ4v) is 11.8. The van der Waals surface area contributed by atoms with Crippen LogP contribution in [0.15, 0.2) is 0 Å². The highest BCUT2D eigenvalue weighted by molar-refractivity contribution is 6.85. The molecule has 1 radical (unpaired) electrons. The second kappa shape index (κ2) is 15.3. The molecule has 0 aromatic carbocycles. The van der Waals surface area contributed by atoms with Gasteiger partial charge in [0.05, 0.1) is 0 Å². The fraction of sp³-hybridized carbons (Fsp3) is 0.933. The molecule has 0 amide bonds. The zero-order valence-electron chi connectivity index (χ0n) is 18.7. The summed E-state index contributed by atoms with van der Waals surface area (Å²) in [5.41, 5.74) is 0. The molecule has 44 heavy (non-hydrogen) atoms. The molecule has 0 aliphatic heterocycles. The van der Waals surface area contributed by atoms with Crippen molar-refractivity contribution in [2.75, 3.05) is 0 Å². The summed E-state index contributed by atoms with van der Waals surface area (Å²) in [5.74, 6) is 0. The van der Waals surface area contributed by atoms with Gasteiger partial charge in [-0.1, -0.05) is 336 Å². The molecule has 29 heteroatoms. The number of hydrogen-bond donors (Lipinski definition) is 0. The highest BCUT2D eigenvalue weighted by Crippen LogP contribution is 2.77. The molecule has 0 atom stereocenters. The van der Waals surface area contributed by atoms with Gasteiger partial charge in [-0.25, -0.2) is 0 Å². The van der Waals surface area contributed by atoms with Gasteiger partial charge in [0.25, 0.3) is 0 Å². The predicted molar refractivity (Wildman–Crippen MR) is 213 cm³/mol. The van der Waals surface area contributed by atoms with Crippen LogP contribution in [0.5, 0.6) is 0 Å². The first kappa shape index (κ1) is 52.4. The second-order valence-corrected chi connectivity index (χ2v) is 27.8. The maximum Gasteiger partial charge on any atom is 0.226 e. The van der Waals surface area contributed by atoms with Gasteiger partial charge < -0.3 is 0 Å². The van der Waals surface area contributed by atoms with Crippen LogP contribution in [0, 0.1) is 6.92 Å². The summed E-state index contributed by atoms with van der Waals surface area (Å²) in [7, 11) is 0. The molecule has 0 heterocycles. The largest absolute Gasteiger partial charge is 0.226 e. The summed E-state index contributed by atoms with van der Waals surface area (Å²) < 4.78 is -44.9. The monoisotopic (exact) mass is 1200 g/mol. The first-order valence-corrected chi connectivity index (χ1v) is 20.0. The quantitative estimate of drug-likeness (QED) is 0.171. The molecule has 0 aliphatic carbocycles. The summed E-state index contributed by atoms with van der Waals surface area (Å²) in [4.78, 5) is 0. The standard InChI is InChI=1S/C15H2Cl29/c1-2(16,17)3(18,19)4(20,21)5(22,23)6(24,25)7(26,27)8(28,29)9(30,31)10(32,33)11(34,35)12(36,37)13(38,39)14(40,41)15(42,43)44/h1H2. The van der Waals surface area contributed by atoms with Crippen LogP contribution >= 0.6 is 336 Å². The molecule has 0 aromatic rings. The zero-order valence-corrected chi connectivity index (χ0v) is 40.6. The van der Waals surface area contributed by atoms with Gasteiger partial charge in [-0.2, -0.15) is 0 Å². The van der Waals surface area contributed by atoms with Gasteiger partial charge in [0.15, 0.2) is 52.0 Å².